The fraction of sp³-hybridized carbons (Fsp3) is 0.350. The molecule has 6 N–H and O–H groups in total. The summed E-state index contributed by atoms with van der Waals surface area (Å²) in [5, 5.41) is 46.5. The van der Waals surface area contributed by atoms with E-state index in [4.69, 9.17) is 25.5 Å². The molecule has 148 valence electrons. The average Bonchev–Trinajstić information content (AvgIpc) is 2.73. The lowest BCUT2D eigenvalue weighted by Crippen LogP contribution is -2.44. The van der Waals surface area contributed by atoms with Crippen LogP contribution < -0.4 is 5.32 Å². The Labute approximate surface area is 158 Å². The van der Waals surface area contributed by atoms with Gasteiger partial charge in [0.1, 0.15) is 24.9 Å². The first-order valence-electron chi connectivity index (χ1n) is 8.56. The molecule has 2 aromatic carbocycles. The largest absolute Gasteiger partial charge is 0.394 e. The van der Waals surface area contributed by atoms with Crippen LogP contribution in [0.4, 0.5) is 0 Å². The molecular weight excluding hydrogens is 350 g/mol. The van der Waals surface area contributed by atoms with Gasteiger partial charge in [-0.05, 0) is 11.1 Å². The van der Waals surface area contributed by atoms with E-state index in [2.05, 4.69) is 53.8 Å². The van der Waals surface area contributed by atoms with Gasteiger partial charge in [0, 0.05) is 13.1 Å². The van der Waals surface area contributed by atoms with E-state index in [9.17, 15) is 4.79 Å². The molecular formula is C20H27NO6. The number of Topliss-reactive ketones (excluding diaryl/α,β-unsaturated/α-hetero) is 1. The van der Waals surface area contributed by atoms with E-state index in [-0.39, 0.29) is 0 Å². The highest BCUT2D eigenvalue weighted by molar-refractivity contribution is 5.84. The Morgan fingerprint density at radius 3 is 1.63 bits per heavy atom. The van der Waals surface area contributed by atoms with Crippen LogP contribution in [0.2, 0.25) is 0 Å². The fourth-order valence-electron chi connectivity index (χ4n) is 2.15. The number of rotatable bonds is 9. The van der Waals surface area contributed by atoms with Gasteiger partial charge in [0.25, 0.3) is 0 Å². The minimum atomic E-state index is -1.86. The van der Waals surface area contributed by atoms with Gasteiger partial charge in [-0.3, -0.25) is 4.79 Å². The van der Waals surface area contributed by atoms with Gasteiger partial charge in [0.05, 0.1) is 6.61 Å². The molecule has 0 amide bonds. The molecule has 3 unspecified atom stereocenters. The van der Waals surface area contributed by atoms with Crippen molar-refractivity contribution >= 4 is 5.78 Å². The summed E-state index contributed by atoms with van der Waals surface area (Å²) in [6.07, 6.45) is -5.22. The van der Waals surface area contributed by atoms with Crippen molar-refractivity contribution in [1.29, 1.82) is 0 Å². The zero-order valence-electron chi connectivity index (χ0n) is 15.0. The van der Waals surface area contributed by atoms with Crippen LogP contribution in [0.5, 0.6) is 0 Å². The summed E-state index contributed by atoms with van der Waals surface area (Å²) in [6.45, 7) is 0.165. The normalized spacial score (nSPS) is 13.8. The molecule has 0 saturated carbocycles. The van der Waals surface area contributed by atoms with Crippen LogP contribution >= 0.6 is 0 Å². The van der Waals surface area contributed by atoms with Crippen molar-refractivity contribution in [3.8, 4) is 0 Å². The van der Waals surface area contributed by atoms with Crippen LogP contribution in [-0.2, 0) is 17.9 Å². The Hall–Kier alpha value is -2.13. The lowest BCUT2D eigenvalue weighted by atomic mass is 10.1. The highest BCUT2D eigenvalue weighted by atomic mass is 16.4. The minimum Gasteiger partial charge on any atom is -0.394 e. The quantitative estimate of drug-likeness (QED) is 0.351. The van der Waals surface area contributed by atoms with Crippen LogP contribution in [0.25, 0.3) is 0 Å². The summed E-state index contributed by atoms with van der Waals surface area (Å²) in [4.78, 5) is 10.5. The predicted molar refractivity (Wildman–Crippen MR) is 101 cm³/mol. The topological polar surface area (TPSA) is 130 Å². The number of hydrogen-bond acceptors (Lipinski definition) is 7. The Kier molecular flexibility index (Phi) is 11.1. The van der Waals surface area contributed by atoms with Gasteiger partial charge >= 0.3 is 0 Å². The summed E-state index contributed by atoms with van der Waals surface area (Å²) in [5.74, 6) is -1.00. The minimum absolute atomic E-state index is 0.767. The molecule has 2 aromatic rings. The maximum atomic E-state index is 10.5. The lowest BCUT2D eigenvalue weighted by Gasteiger charge is -2.19. The summed E-state index contributed by atoms with van der Waals surface area (Å²) in [5.41, 5.74) is 2.65. The van der Waals surface area contributed by atoms with Gasteiger partial charge in [-0.2, -0.15) is 0 Å². The van der Waals surface area contributed by atoms with Crippen molar-refractivity contribution in [2.75, 3.05) is 13.2 Å². The second-order valence-corrected chi connectivity index (χ2v) is 5.88. The molecule has 27 heavy (non-hydrogen) atoms. The van der Waals surface area contributed by atoms with E-state index in [0.29, 0.717) is 0 Å². The highest BCUT2D eigenvalue weighted by Gasteiger charge is 2.28. The van der Waals surface area contributed by atoms with Crippen LogP contribution in [0.15, 0.2) is 60.7 Å². The predicted octanol–water partition coefficient (Wildman–Crippen LogP) is -0.401. The first-order chi connectivity index (χ1) is 13.0. The molecule has 2 rings (SSSR count). The van der Waals surface area contributed by atoms with E-state index in [0.717, 1.165) is 13.1 Å². The molecule has 7 nitrogen and oxygen atoms in total. The van der Waals surface area contributed by atoms with Crippen molar-refractivity contribution in [3.05, 3.63) is 71.8 Å². The molecule has 0 aliphatic rings. The second-order valence-electron chi connectivity index (χ2n) is 5.88. The Morgan fingerprint density at radius 2 is 1.26 bits per heavy atom. The van der Waals surface area contributed by atoms with E-state index >= 15 is 0 Å². The third-order valence-corrected chi connectivity index (χ3v) is 3.73. The zero-order chi connectivity index (χ0) is 20.1. The van der Waals surface area contributed by atoms with Crippen LogP contribution in [0.3, 0.4) is 0 Å². The Balaban J connectivity index is 0.000000279. The molecule has 0 radical (unpaired) electrons. The molecule has 0 bridgehead atoms. The van der Waals surface area contributed by atoms with Gasteiger partial charge in [0.2, 0.25) is 0 Å². The number of ketones is 1. The number of aliphatic hydroxyl groups is 5. The van der Waals surface area contributed by atoms with Crippen LogP contribution in [0.1, 0.15) is 11.1 Å². The molecule has 0 aromatic heterocycles. The summed E-state index contributed by atoms with van der Waals surface area (Å²) < 4.78 is 0. The maximum Gasteiger partial charge on any atom is 0.189 e. The molecule has 0 aliphatic carbocycles. The fourth-order valence-corrected chi connectivity index (χ4v) is 2.15. The van der Waals surface area contributed by atoms with Crippen LogP contribution in [-0.4, -0.2) is 62.8 Å². The molecule has 0 heterocycles. The van der Waals surface area contributed by atoms with Crippen molar-refractivity contribution in [2.24, 2.45) is 0 Å². The number of aliphatic hydroxyl groups excluding tert-OH is 5. The first-order valence-corrected chi connectivity index (χ1v) is 8.56. The maximum absolute atomic E-state index is 10.5. The number of carbonyl (C=O) groups excluding carboxylic acids is 1. The number of carbonyl (C=O) groups is 1. The molecule has 0 saturated heterocycles. The van der Waals surface area contributed by atoms with Crippen molar-refractivity contribution < 1.29 is 30.3 Å². The Bertz CT molecular complexity index is 598. The summed E-state index contributed by atoms with van der Waals surface area (Å²) in [7, 11) is 0. The van der Waals surface area contributed by atoms with Crippen molar-refractivity contribution in [1.82, 2.24) is 5.32 Å². The van der Waals surface area contributed by atoms with E-state index in [1.165, 1.54) is 11.1 Å². The summed E-state index contributed by atoms with van der Waals surface area (Å²) >= 11 is 0. The highest BCUT2D eigenvalue weighted by Crippen LogP contribution is 2.01. The third-order valence-electron chi connectivity index (χ3n) is 3.73. The first kappa shape index (κ1) is 22.9. The molecule has 0 aliphatic heterocycles. The smallest absolute Gasteiger partial charge is 0.189 e. The monoisotopic (exact) mass is 377 g/mol. The molecule has 7 heteroatoms. The van der Waals surface area contributed by atoms with Gasteiger partial charge in [-0.15, -0.1) is 0 Å². The van der Waals surface area contributed by atoms with Gasteiger partial charge in [-0.25, -0.2) is 0 Å². The van der Waals surface area contributed by atoms with Gasteiger partial charge < -0.3 is 30.8 Å². The standard InChI is InChI=1S/C14H15N.C6H12O6/c1-3-7-13(8-4-1)11-15-12-14-9-5-2-6-10-14;7-1-3(9)5(11)6(12)4(10)2-8/h1-10,15H,11-12H2;3,5-9,11-12H,1-2H2. The number of nitrogens with one attached hydrogen (secondary N) is 1. The van der Waals surface area contributed by atoms with E-state index < -0.39 is 37.3 Å². The van der Waals surface area contributed by atoms with Crippen molar-refractivity contribution in [2.45, 2.75) is 31.4 Å². The van der Waals surface area contributed by atoms with E-state index in [1.54, 1.807) is 0 Å². The molecule has 3 atom stereocenters. The molecule has 0 fully saturated rings. The van der Waals surface area contributed by atoms with E-state index in [1.807, 2.05) is 12.1 Å². The second kappa shape index (κ2) is 13.1. The zero-order valence-corrected chi connectivity index (χ0v) is 15.0. The lowest BCUT2D eigenvalue weighted by molar-refractivity contribution is -0.142. The summed E-state index contributed by atoms with van der Waals surface area (Å²) in [6, 6.07) is 20.9. The van der Waals surface area contributed by atoms with Crippen LogP contribution in [0, 0.1) is 0 Å². The Morgan fingerprint density at radius 1 is 0.815 bits per heavy atom. The van der Waals surface area contributed by atoms with Gasteiger partial charge in [0.15, 0.2) is 5.78 Å². The third kappa shape index (κ3) is 8.87. The van der Waals surface area contributed by atoms with Gasteiger partial charge in [-0.1, -0.05) is 60.7 Å². The average molecular weight is 377 g/mol. The molecule has 0 spiro atoms. The SMILES string of the molecule is O=C(CO)C(O)C(O)C(O)CO.c1ccc(CNCc2ccccc2)cc1. The number of hydrogen-bond donors (Lipinski definition) is 6. The number of benzene rings is 2. The van der Waals surface area contributed by atoms with Crippen molar-refractivity contribution in [3.63, 3.8) is 0 Å².